The molecule has 0 rings (SSSR count). The summed E-state index contributed by atoms with van der Waals surface area (Å²) >= 11 is 0.730. The molecule has 54 valence electrons. The first kappa shape index (κ1) is 9.49. The Morgan fingerprint density at radius 2 is 2.22 bits per heavy atom. The topological polar surface area (TPSA) is 9.23 Å². The maximum absolute atomic E-state index is 5.19. The summed E-state index contributed by atoms with van der Waals surface area (Å²) < 4.78 is 5.19. The minimum Gasteiger partial charge on any atom is -1.00 e. The first-order valence-electron chi connectivity index (χ1n) is 3.81. The summed E-state index contributed by atoms with van der Waals surface area (Å²) in [5.74, 6) is 0. The van der Waals surface area contributed by atoms with E-state index in [1.807, 2.05) is 6.92 Å². The fraction of sp³-hybridized carbons (Fsp3) is 1.00. The minimum atomic E-state index is 0. The number of hydrogen-bond acceptors (Lipinski definition) is 1. The predicted molar refractivity (Wildman–Crippen MR) is 43.3 cm³/mol. The molecule has 1 nitrogen and oxygen atoms in total. The van der Waals surface area contributed by atoms with E-state index < -0.39 is 0 Å². The van der Waals surface area contributed by atoms with Crippen LogP contribution in [0.25, 0.3) is 0 Å². The molecule has 0 unspecified atom stereocenters. The van der Waals surface area contributed by atoms with Crippen molar-refractivity contribution in [3.8, 4) is 0 Å². The standard InChI is InChI=1S/C5H11O.C2H5.Al.H/c1-3-5-6-4-2;1-2;;/h1,3-5H2,2H3;1H2,2H3;;/q;;+1;-1. The predicted octanol–water partition coefficient (Wildman–Crippen LogP) is 2.09. The quantitative estimate of drug-likeness (QED) is 0.409. The number of hydrogen-bond donors (Lipinski definition) is 0. The van der Waals surface area contributed by atoms with E-state index in [9.17, 15) is 0 Å². The molecule has 0 saturated heterocycles. The van der Waals surface area contributed by atoms with E-state index in [0.29, 0.717) is 0 Å². The molecule has 0 saturated carbocycles. The molecule has 0 aromatic rings. The third-order valence-corrected chi connectivity index (χ3v) is 2.58. The van der Waals surface area contributed by atoms with Crippen molar-refractivity contribution < 1.29 is 6.16 Å². The van der Waals surface area contributed by atoms with E-state index >= 15 is 0 Å². The van der Waals surface area contributed by atoms with Crippen LogP contribution in [0, 0.1) is 0 Å². The Hall–Kier alpha value is 0.492. The zero-order valence-electron chi connectivity index (χ0n) is 7.52. The Morgan fingerprint density at radius 1 is 1.44 bits per heavy atom. The van der Waals surface area contributed by atoms with Crippen LogP contribution in [0.4, 0.5) is 0 Å². The molecule has 2 heteroatoms. The smallest absolute Gasteiger partial charge is 1.00 e. The van der Waals surface area contributed by atoms with Gasteiger partial charge in [-0.3, -0.25) is 0 Å². The van der Waals surface area contributed by atoms with E-state index in [2.05, 4.69) is 6.92 Å². The van der Waals surface area contributed by atoms with Gasteiger partial charge in [0.2, 0.25) is 0 Å². The van der Waals surface area contributed by atoms with Gasteiger partial charge in [-0.1, -0.05) is 0 Å². The van der Waals surface area contributed by atoms with Crippen LogP contribution in [0.15, 0.2) is 0 Å². The van der Waals surface area contributed by atoms with Gasteiger partial charge in [-0.2, -0.15) is 0 Å². The SMILES string of the molecule is CCOCC[CH2][Al+][CH2]C.[H-]. The van der Waals surface area contributed by atoms with Gasteiger partial charge in [0.15, 0.2) is 0 Å². The van der Waals surface area contributed by atoms with Crippen LogP contribution < -0.4 is 0 Å². The zero-order valence-corrected chi connectivity index (χ0v) is 7.68. The number of rotatable bonds is 6. The van der Waals surface area contributed by atoms with Gasteiger partial charge in [-0.15, -0.1) is 0 Å². The van der Waals surface area contributed by atoms with Crippen molar-refractivity contribution in [2.45, 2.75) is 30.8 Å². The first-order valence-corrected chi connectivity index (χ1v) is 5.44. The normalized spacial score (nSPS) is 9.11. The maximum atomic E-state index is 5.19. The van der Waals surface area contributed by atoms with Crippen molar-refractivity contribution in [2.24, 2.45) is 0 Å². The number of ether oxygens (including phenoxy) is 1. The Morgan fingerprint density at radius 3 is 2.78 bits per heavy atom. The molecular weight excluding hydrogens is 127 g/mol. The fourth-order valence-corrected chi connectivity index (χ4v) is 1.54. The van der Waals surface area contributed by atoms with Crippen LogP contribution in [-0.2, 0) is 4.74 Å². The second-order valence-electron chi connectivity index (χ2n) is 2.04. The summed E-state index contributed by atoms with van der Waals surface area (Å²) in [6.07, 6.45) is 1.27. The average Bonchev–Trinajstić information content (AvgIpc) is 1.89. The van der Waals surface area contributed by atoms with Crippen LogP contribution >= 0.6 is 0 Å². The van der Waals surface area contributed by atoms with Crippen LogP contribution in [0.5, 0.6) is 0 Å². The summed E-state index contributed by atoms with van der Waals surface area (Å²) in [4.78, 5) is 0. The second kappa shape index (κ2) is 8.49. The van der Waals surface area contributed by atoms with E-state index in [0.717, 1.165) is 28.4 Å². The van der Waals surface area contributed by atoms with Crippen LogP contribution in [-0.4, -0.2) is 28.4 Å². The molecule has 0 N–H and O–H groups in total. The van der Waals surface area contributed by atoms with Crippen molar-refractivity contribution in [3.63, 3.8) is 0 Å². The van der Waals surface area contributed by atoms with Crippen molar-refractivity contribution in [1.29, 1.82) is 0 Å². The Labute approximate surface area is 66.0 Å². The van der Waals surface area contributed by atoms with Gasteiger partial charge in [-0.05, 0) is 0 Å². The van der Waals surface area contributed by atoms with Crippen molar-refractivity contribution in [3.05, 3.63) is 0 Å². The van der Waals surface area contributed by atoms with Gasteiger partial charge in [0.05, 0.1) is 0 Å². The van der Waals surface area contributed by atoms with Gasteiger partial charge in [0.25, 0.3) is 0 Å². The summed E-state index contributed by atoms with van der Waals surface area (Å²) in [6, 6.07) is 0. The molecule has 0 aliphatic carbocycles. The van der Waals surface area contributed by atoms with Gasteiger partial charge in [0, 0.05) is 0 Å². The average molecular weight is 144 g/mol. The molecule has 0 spiro atoms. The summed E-state index contributed by atoms with van der Waals surface area (Å²) in [5.41, 5.74) is 0. The molecule has 0 heterocycles. The summed E-state index contributed by atoms with van der Waals surface area (Å²) in [5, 5.41) is 2.81. The summed E-state index contributed by atoms with van der Waals surface area (Å²) in [7, 11) is 0. The molecule has 0 bridgehead atoms. The minimum absolute atomic E-state index is 0. The van der Waals surface area contributed by atoms with Crippen LogP contribution in [0.2, 0.25) is 10.6 Å². The fourth-order valence-electron chi connectivity index (χ4n) is 0.678. The third-order valence-electron chi connectivity index (χ3n) is 1.19. The molecular formula is C7H17AlO. The van der Waals surface area contributed by atoms with Crippen LogP contribution in [0.1, 0.15) is 21.7 Å². The van der Waals surface area contributed by atoms with Gasteiger partial charge in [0.1, 0.15) is 0 Å². The molecule has 9 heavy (non-hydrogen) atoms. The third kappa shape index (κ3) is 8.49. The summed E-state index contributed by atoms with van der Waals surface area (Å²) in [6.45, 7) is 6.16. The molecule has 0 aliphatic heterocycles. The molecule has 0 aromatic heterocycles. The Bertz CT molecular complexity index is 46.9. The Kier molecular flexibility index (Phi) is 8.96. The first-order chi connectivity index (χ1) is 4.41. The molecule has 0 aliphatic rings. The molecule has 0 fully saturated rings. The van der Waals surface area contributed by atoms with E-state index in [-0.39, 0.29) is 1.43 Å². The molecule has 0 amide bonds. The maximum Gasteiger partial charge on any atom is -1.00 e. The van der Waals surface area contributed by atoms with Crippen molar-refractivity contribution in [2.75, 3.05) is 13.2 Å². The van der Waals surface area contributed by atoms with E-state index in [1.54, 1.807) is 0 Å². The van der Waals surface area contributed by atoms with Gasteiger partial charge < -0.3 is 1.43 Å². The van der Waals surface area contributed by atoms with E-state index in [4.69, 9.17) is 4.74 Å². The van der Waals surface area contributed by atoms with Gasteiger partial charge >= 0.3 is 64.0 Å². The van der Waals surface area contributed by atoms with Gasteiger partial charge in [-0.25, -0.2) is 0 Å². The largest absolute Gasteiger partial charge is 1.00 e. The second-order valence-corrected chi connectivity index (χ2v) is 4.01. The van der Waals surface area contributed by atoms with Crippen molar-refractivity contribution in [1.82, 2.24) is 0 Å². The Balaban J connectivity index is 0. The molecule has 0 atom stereocenters. The zero-order chi connectivity index (χ0) is 6.95. The monoisotopic (exact) mass is 144 g/mol. The van der Waals surface area contributed by atoms with Crippen LogP contribution in [0.3, 0.4) is 0 Å². The van der Waals surface area contributed by atoms with Crippen molar-refractivity contribution >= 4 is 15.2 Å². The van der Waals surface area contributed by atoms with E-state index in [1.165, 1.54) is 17.0 Å². The molecule has 0 aromatic carbocycles. The molecule has 0 radical (unpaired) electrons.